The van der Waals surface area contributed by atoms with Gasteiger partial charge in [-0.15, -0.1) is 0 Å². The van der Waals surface area contributed by atoms with Gasteiger partial charge in [-0.2, -0.15) is 0 Å². The second-order valence-electron chi connectivity index (χ2n) is 9.66. The number of rotatable bonds is 17. The highest BCUT2D eigenvalue weighted by Crippen LogP contribution is 2.20. The fourth-order valence-corrected chi connectivity index (χ4v) is 4.73. The average molecular weight is 487 g/mol. The zero-order valence-electron chi connectivity index (χ0n) is 21.6. The largest absolute Gasteiger partial charge is 0.353 e. The van der Waals surface area contributed by atoms with Crippen LogP contribution < -0.4 is 16.4 Å². The van der Waals surface area contributed by atoms with Gasteiger partial charge in [-0.3, -0.25) is 14.4 Å². The number of benzene rings is 1. The Kier molecular flexibility index (Phi) is 14.1. The number of likely N-dealkylation sites (tertiary alicyclic amines) is 1. The van der Waals surface area contributed by atoms with Gasteiger partial charge in [0.25, 0.3) is 0 Å². The molecule has 0 bridgehead atoms. The van der Waals surface area contributed by atoms with Gasteiger partial charge in [0.05, 0.1) is 0 Å². The molecule has 1 fully saturated rings. The average Bonchev–Trinajstić information content (AvgIpc) is 3.36. The Bertz CT molecular complexity index is 756. The van der Waals surface area contributed by atoms with E-state index in [2.05, 4.69) is 17.6 Å². The van der Waals surface area contributed by atoms with Crippen LogP contribution in [0.15, 0.2) is 30.3 Å². The number of nitrogens with zero attached hydrogens (tertiary/aromatic N) is 1. The number of amides is 3. The lowest BCUT2D eigenvalue weighted by molar-refractivity contribution is -0.141. The number of hydrogen-bond acceptors (Lipinski definition) is 4. The van der Waals surface area contributed by atoms with Gasteiger partial charge in [0.2, 0.25) is 17.7 Å². The van der Waals surface area contributed by atoms with Crippen molar-refractivity contribution in [2.45, 2.75) is 102 Å². The van der Waals surface area contributed by atoms with Crippen LogP contribution in [0.3, 0.4) is 0 Å². The fourth-order valence-electron chi connectivity index (χ4n) is 4.73. The van der Waals surface area contributed by atoms with Crippen LogP contribution in [0.2, 0.25) is 0 Å². The van der Waals surface area contributed by atoms with Crippen molar-refractivity contribution in [2.24, 2.45) is 5.73 Å². The molecule has 2 rings (SSSR count). The van der Waals surface area contributed by atoms with E-state index in [0.717, 1.165) is 31.2 Å². The molecule has 1 aromatic rings. The molecular formula is C28H46N4O3. The zero-order chi connectivity index (χ0) is 25.3. The van der Waals surface area contributed by atoms with Crippen LogP contribution >= 0.6 is 0 Å². The molecule has 7 nitrogen and oxygen atoms in total. The number of carbonyl (C=O) groups excluding carboxylic acids is 3. The van der Waals surface area contributed by atoms with Gasteiger partial charge in [-0.25, -0.2) is 0 Å². The summed E-state index contributed by atoms with van der Waals surface area (Å²) >= 11 is 0. The molecule has 35 heavy (non-hydrogen) atoms. The smallest absolute Gasteiger partial charge is 0.246 e. The first-order chi connectivity index (χ1) is 17.1. The molecule has 7 heteroatoms. The zero-order valence-corrected chi connectivity index (χ0v) is 21.6. The first-order valence-electron chi connectivity index (χ1n) is 13.7. The van der Waals surface area contributed by atoms with Gasteiger partial charge in [0, 0.05) is 32.5 Å². The normalized spacial score (nSPS) is 16.2. The van der Waals surface area contributed by atoms with Gasteiger partial charge in [0.15, 0.2) is 0 Å². The predicted molar refractivity (Wildman–Crippen MR) is 141 cm³/mol. The third-order valence-corrected chi connectivity index (χ3v) is 6.71. The van der Waals surface area contributed by atoms with Crippen molar-refractivity contribution >= 4 is 17.7 Å². The predicted octanol–water partition coefficient (Wildman–Crippen LogP) is 3.70. The summed E-state index contributed by atoms with van der Waals surface area (Å²) in [5, 5.41) is 5.79. The van der Waals surface area contributed by atoms with E-state index in [9.17, 15) is 14.4 Å². The lowest BCUT2D eigenvalue weighted by atomic mass is 10.0. The molecule has 196 valence electrons. The van der Waals surface area contributed by atoms with E-state index < -0.39 is 12.1 Å². The second-order valence-corrected chi connectivity index (χ2v) is 9.66. The van der Waals surface area contributed by atoms with Gasteiger partial charge >= 0.3 is 0 Å². The summed E-state index contributed by atoms with van der Waals surface area (Å²) in [4.78, 5) is 40.5. The fraction of sp³-hybridized carbons (Fsp3) is 0.679. The molecule has 1 aromatic carbocycles. The lowest BCUT2D eigenvalue weighted by Crippen LogP contribution is -2.54. The Balaban J connectivity index is 1.88. The quantitative estimate of drug-likeness (QED) is 0.292. The molecule has 0 spiro atoms. The molecule has 0 aromatic heterocycles. The molecule has 1 heterocycles. The molecule has 0 aliphatic carbocycles. The maximum absolute atomic E-state index is 13.5. The van der Waals surface area contributed by atoms with Crippen molar-refractivity contribution in [3.05, 3.63) is 35.9 Å². The van der Waals surface area contributed by atoms with Crippen molar-refractivity contribution in [1.82, 2.24) is 15.5 Å². The Morgan fingerprint density at radius 2 is 1.66 bits per heavy atom. The van der Waals surface area contributed by atoms with E-state index >= 15 is 0 Å². The highest BCUT2D eigenvalue weighted by molar-refractivity contribution is 5.92. The minimum atomic E-state index is -0.675. The topological polar surface area (TPSA) is 105 Å². The molecule has 1 aliphatic heterocycles. The second kappa shape index (κ2) is 17.1. The Hall–Kier alpha value is -2.41. The van der Waals surface area contributed by atoms with Gasteiger partial charge in [-0.05, 0) is 24.8 Å². The van der Waals surface area contributed by atoms with Crippen molar-refractivity contribution in [1.29, 1.82) is 0 Å². The molecule has 2 unspecified atom stereocenters. The number of hydrogen-bond donors (Lipinski definition) is 3. The monoisotopic (exact) mass is 486 g/mol. The highest BCUT2D eigenvalue weighted by Gasteiger charge is 2.37. The molecule has 0 radical (unpaired) electrons. The first-order valence-corrected chi connectivity index (χ1v) is 13.7. The van der Waals surface area contributed by atoms with Crippen LogP contribution in [0.25, 0.3) is 0 Å². The molecule has 1 aliphatic rings. The van der Waals surface area contributed by atoms with E-state index in [0.29, 0.717) is 38.9 Å². The molecule has 4 N–H and O–H groups in total. The summed E-state index contributed by atoms with van der Waals surface area (Å²) in [5.41, 5.74) is 6.49. The number of carbonyl (C=O) groups is 3. The van der Waals surface area contributed by atoms with Crippen LogP contribution in [-0.4, -0.2) is 54.3 Å². The Labute approximate surface area is 211 Å². The summed E-state index contributed by atoms with van der Waals surface area (Å²) in [6, 6.07) is 8.54. The van der Waals surface area contributed by atoms with E-state index in [1.165, 1.54) is 38.5 Å². The number of nitrogens with one attached hydrogen (secondary N) is 2. The summed E-state index contributed by atoms with van der Waals surface area (Å²) in [5.74, 6) is -0.439. The summed E-state index contributed by atoms with van der Waals surface area (Å²) in [6.07, 6.45) is 13.0. The van der Waals surface area contributed by atoms with E-state index in [4.69, 9.17) is 5.73 Å². The summed E-state index contributed by atoms with van der Waals surface area (Å²) < 4.78 is 0. The van der Waals surface area contributed by atoms with Gasteiger partial charge in [-0.1, -0.05) is 88.6 Å². The van der Waals surface area contributed by atoms with Crippen molar-refractivity contribution < 1.29 is 14.4 Å². The maximum atomic E-state index is 13.5. The molecule has 2 atom stereocenters. The maximum Gasteiger partial charge on any atom is 0.246 e. The highest BCUT2D eigenvalue weighted by atomic mass is 16.2. The molecule has 3 amide bonds. The van der Waals surface area contributed by atoms with Gasteiger partial charge < -0.3 is 21.3 Å². The van der Waals surface area contributed by atoms with Crippen LogP contribution in [-0.2, 0) is 20.8 Å². The van der Waals surface area contributed by atoms with E-state index in [1.807, 2.05) is 30.3 Å². The molecule has 0 saturated carbocycles. The van der Waals surface area contributed by atoms with Crippen LogP contribution in [0.4, 0.5) is 0 Å². The SMILES string of the molecule is CCCCCCCCCCCC(=O)NC(Cc1ccccc1)C(=O)N1CCCC1C(=O)NCCN. The summed E-state index contributed by atoms with van der Waals surface area (Å²) in [6.45, 7) is 3.50. The van der Waals surface area contributed by atoms with E-state index in [-0.39, 0.29) is 17.7 Å². The van der Waals surface area contributed by atoms with Crippen molar-refractivity contribution in [2.75, 3.05) is 19.6 Å². The van der Waals surface area contributed by atoms with Crippen LogP contribution in [0.5, 0.6) is 0 Å². The third kappa shape index (κ3) is 10.8. The molecular weight excluding hydrogens is 440 g/mol. The third-order valence-electron chi connectivity index (χ3n) is 6.71. The van der Waals surface area contributed by atoms with Gasteiger partial charge in [0.1, 0.15) is 12.1 Å². The van der Waals surface area contributed by atoms with Crippen LogP contribution in [0.1, 0.15) is 89.5 Å². The summed E-state index contributed by atoms with van der Waals surface area (Å²) in [7, 11) is 0. The Morgan fingerprint density at radius 1 is 1.00 bits per heavy atom. The lowest BCUT2D eigenvalue weighted by Gasteiger charge is -2.29. The minimum absolute atomic E-state index is 0.0921. The number of unbranched alkanes of at least 4 members (excludes halogenated alkanes) is 8. The number of nitrogens with two attached hydrogens (primary N) is 1. The minimum Gasteiger partial charge on any atom is -0.353 e. The first kappa shape index (κ1) is 28.8. The Morgan fingerprint density at radius 3 is 2.31 bits per heavy atom. The molecule has 1 saturated heterocycles. The van der Waals surface area contributed by atoms with Crippen molar-refractivity contribution in [3.63, 3.8) is 0 Å². The van der Waals surface area contributed by atoms with Crippen LogP contribution in [0, 0.1) is 0 Å². The van der Waals surface area contributed by atoms with Crippen molar-refractivity contribution in [3.8, 4) is 0 Å². The van der Waals surface area contributed by atoms with E-state index in [1.54, 1.807) is 4.90 Å². The standard InChI is InChI=1S/C28H46N4O3/c1-2-3-4-5-6-7-8-9-13-18-26(33)31-24(22-23-15-11-10-12-16-23)28(35)32-21-14-17-25(32)27(34)30-20-19-29/h10-12,15-16,24-25H,2-9,13-14,17-22,29H2,1H3,(H,30,34)(H,31,33).